The van der Waals surface area contributed by atoms with Crippen molar-refractivity contribution >= 4 is 32.4 Å². The number of hydrogen-bond acceptors (Lipinski definition) is 6. The number of allylic oxidation sites excluding steroid dienone is 3. The van der Waals surface area contributed by atoms with E-state index in [1.54, 1.807) is 17.0 Å². The number of anilines is 1. The van der Waals surface area contributed by atoms with E-state index in [1.807, 2.05) is 30.5 Å². The summed E-state index contributed by atoms with van der Waals surface area (Å²) in [6.45, 7) is 0. The van der Waals surface area contributed by atoms with Gasteiger partial charge in [0.1, 0.15) is 5.82 Å². The number of nitrogens with two attached hydrogens (primary N) is 2. The second kappa shape index (κ2) is 7.62. The minimum absolute atomic E-state index is 0.0122. The Kier molecular flexibility index (Phi) is 4.85. The van der Waals surface area contributed by atoms with Crippen LogP contribution in [0.3, 0.4) is 0 Å². The van der Waals surface area contributed by atoms with Gasteiger partial charge in [-0.1, -0.05) is 6.07 Å². The van der Waals surface area contributed by atoms with Crippen molar-refractivity contribution in [1.29, 1.82) is 5.26 Å². The number of hydrogen-bond donors (Lipinski definition) is 3. The molecule has 1 aromatic heterocycles. The molecule has 5 N–H and O–H groups in total. The van der Waals surface area contributed by atoms with Crippen LogP contribution in [-0.2, 0) is 14.8 Å². The Balaban J connectivity index is 1.71. The van der Waals surface area contributed by atoms with E-state index in [9.17, 15) is 18.5 Å². The minimum Gasteiger partial charge on any atom is -0.384 e. The topological polar surface area (TPSA) is 146 Å². The van der Waals surface area contributed by atoms with Gasteiger partial charge in [0.05, 0.1) is 22.5 Å². The number of sulfonamides is 1. The number of Topliss-reactive ketones (excluding diaryl/α,β-unsaturated/α-hetero) is 1. The highest BCUT2D eigenvalue weighted by Gasteiger charge is 2.40. The van der Waals surface area contributed by atoms with Gasteiger partial charge < -0.3 is 10.7 Å². The molecule has 33 heavy (non-hydrogen) atoms. The number of aromatic nitrogens is 1. The molecule has 1 aliphatic heterocycles. The highest BCUT2D eigenvalue weighted by atomic mass is 32.2. The summed E-state index contributed by atoms with van der Waals surface area (Å²) in [7, 11) is -3.85. The van der Waals surface area contributed by atoms with E-state index in [-0.39, 0.29) is 22.1 Å². The predicted octanol–water partition coefficient (Wildman–Crippen LogP) is 3.12. The van der Waals surface area contributed by atoms with Crippen molar-refractivity contribution < 1.29 is 13.2 Å². The molecule has 3 aromatic rings. The first kappa shape index (κ1) is 21.0. The molecule has 2 aliphatic rings. The third kappa shape index (κ3) is 3.40. The minimum atomic E-state index is -3.85. The number of primary sulfonamides is 1. The highest BCUT2D eigenvalue weighted by molar-refractivity contribution is 7.89. The Labute approximate surface area is 190 Å². The number of H-pyrrole nitrogens is 1. The molecule has 1 aliphatic carbocycles. The van der Waals surface area contributed by atoms with Gasteiger partial charge in [0.2, 0.25) is 10.0 Å². The van der Waals surface area contributed by atoms with Crippen LogP contribution < -0.4 is 15.8 Å². The third-order valence-electron chi connectivity index (χ3n) is 6.25. The van der Waals surface area contributed by atoms with Crippen LogP contribution in [0.2, 0.25) is 0 Å². The van der Waals surface area contributed by atoms with Crippen LogP contribution in [0.5, 0.6) is 0 Å². The molecular formula is C24H21N5O3S. The van der Waals surface area contributed by atoms with Crippen LogP contribution in [0.4, 0.5) is 5.69 Å². The maximum Gasteiger partial charge on any atom is 0.238 e. The van der Waals surface area contributed by atoms with Crippen molar-refractivity contribution in [2.45, 2.75) is 30.1 Å². The molecular weight excluding hydrogens is 438 g/mol. The average molecular weight is 460 g/mol. The largest absolute Gasteiger partial charge is 0.384 e. The Morgan fingerprint density at radius 2 is 1.85 bits per heavy atom. The number of nitriles is 1. The zero-order valence-corrected chi connectivity index (χ0v) is 18.4. The molecule has 2 heterocycles. The normalized spacial score (nSPS) is 19.1. The smallest absolute Gasteiger partial charge is 0.238 e. The van der Waals surface area contributed by atoms with E-state index in [1.165, 1.54) is 12.1 Å². The summed E-state index contributed by atoms with van der Waals surface area (Å²) in [6.07, 6.45) is 3.52. The molecule has 9 heteroatoms. The number of aromatic amines is 1. The molecule has 2 aromatic carbocycles. The van der Waals surface area contributed by atoms with Gasteiger partial charge in [-0.2, -0.15) is 5.26 Å². The first-order chi connectivity index (χ1) is 15.8. The van der Waals surface area contributed by atoms with E-state index in [0.29, 0.717) is 30.5 Å². The number of carbonyl (C=O) groups excluding carboxylic acids is 1. The summed E-state index contributed by atoms with van der Waals surface area (Å²) in [5, 5.41) is 16.3. The zero-order chi connectivity index (χ0) is 23.3. The summed E-state index contributed by atoms with van der Waals surface area (Å²) in [5.41, 5.74) is 10.5. The lowest BCUT2D eigenvalue weighted by molar-refractivity contribution is -0.116. The number of nitrogens with one attached hydrogen (secondary N) is 1. The van der Waals surface area contributed by atoms with Crippen molar-refractivity contribution in [3.05, 3.63) is 83.0 Å². The van der Waals surface area contributed by atoms with Crippen LogP contribution in [0.15, 0.2) is 82.3 Å². The highest BCUT2D eigenvalue weighted by Crippen LogP contribution is 2.46. The zero-order valence-electron chi connectivity index (χ0n) is 17.6. The van der Waals surface area contributed by atoms with E-state index < -0.39 is 15.9 Å². The molecule has 0 amide bonds. The molecule has 0 bridgehead atoms. The summed E-state index contributed by atoms with van der Waals surface area (Å²) >= 11 is 0. The number of nitrogens with zero attached hydrogens (tertiary/aromatic N) is 2. The van der Waals surface area contributed by atoms with Crippen molar-refractivity contribution in [2.24, 2.45) is 10.9 Å². The standard InChI is InChI=1S/C24H21N5O3S/c25-13-18-22(15-4-9-19-14(12-15)10-11-28-19)23-20(2-1-3-21(23)30)29(24(18)26)16-5-7-17(8-6-16)33(27,31)32/h4-12,22,28H,1-3,26H2,(H2,27,31,32)/t22-/m0/s1. The van der Waals surface area contributed by atoms with Gasteiger partial charge in [0, 0.05) is 35.1 Å². The van der Waals surface area contributed by atoms with Gasteiger partial charge in [-0.15, -0.1) is 0 Å². The molecule has 0 saturated heterocycles. The van der Waals surface area contributed by atoms with Crippen molar-refractivity contribution in [3.63, 3.8) is 0 Å². The quantitative estimate of drug-likeness (QED) is 0.548. The van der Waals surface area contributed by atoms with Crippen LogP contribution in [-0.4, -0.2) is 19.2 Å². The molecule has 0 unspecified atom stereocenters. The van der Waals surface area contributed by atoms with Gasteiger partial charge in [0.15, 0.2) is 5.78 Å². The van der Waals surface area contributed by atoms with E-state index in [4.69, 9.17) is 10.9 Å². The van der Waals surface area contributed by atoms with Gasteiger partial charge in [-0.05, 0) is 66.3 Å². The van der Waals surface area contributed by atoms with Gasteiger partial charge in [0.25, 0.3) is 0 Å². The number of benzene rings is 2. The first-order valence-corrected chi connectivity index (χ1v) is 12.0. The van der Waals surface area contributed by atoms with Gasteiger partial charge >= 0.3 is 0 Å². The van der Waals surface area contributed by atoms with E-state index in [2.05, 4.69) is 11.1 Å². The lowest BCUT2D eigenvalue weighted by Gasteiger charge is -2.39. The van der Waals surface area contributed by atoms with Crippen molar-refractivity contribution in [3.8, 4) is 6.07 Å². The molecule has 5 rings (SSSR count). The first-order valence-electron chi connectivity index (χ1n) is 10.5. The van der Waals surface area contributed by atoms with Crippen LogP contribution in [0.1, 0.15) is 30.7 Å². The van der Waals surface area contributed by atoms with Crippen LogP contribution in [0.25, 0.3) is 10.9 Å². The summed E-state index contributed by atoms with van der Waals surface area (Å²) in [6, 6.07) is 15.9. The molecule has 166 valence electrons. The number of fused-ring (bicyclic) bond motifs is 1. The van der Waals surface area contributed by atoms with E-state index >= 15 is 0 Å². The maximum atomic E-state index is 13.2. The number of carbonyl (C=O) groups is 1. The van der Waals surface area contributed by atoms with Crippen LogP contribution >= 0.6 is 0 Å². The summed E-state index contributed by atoms with van der Waals surface area (Å²) in [4.78, 5) is 18.0. The molecule has 0 fully saturated rings. The maximum absolute atomic E-state index is 13.2. The Hall–Kier alpha value is -3.87. The monoisotopic (exact) mass is 459 g/mol. The fourth-order valence-corrected chi connectivity index (χ4v) is 5.27. The van der Waals surface area contributed by atoms with Gasteiger partial charge in [-0.25, -0.2) is 13.6 Å². The van der Waals surface area contributed by atoms with Crippen LogP contribution in [0, 0.1) is 11.3 Å². The predicted molar refractivity (Wildman–Crippen MR) is 124 cm³/mol. The number of ketones is 1. The molecule has 0 saturated carbocycles. The van der Waals surface area contributed by atoms with Gasteiger partial charge in [-0.3, -0.25) is 9.69 Å². The van der Waals surface area contributed by atoms with Crippen molar-refractivity contribution in [2.75, 3.05) is 4.90 Å². The van der Waals surface area contributed by atoms with E-state index in [0.717, 1.165) is 22.2 Å². The summed E-state index contributed by atoms with van der Waals surface area (Å²) < 4.78 is 23.3. The average Bonchev–Trinajstić information content (AvgIpc) is 3.26. The Bertz CT molecular complexity index is 1510. The molecule has 0 spiro atoms. The fraction of sp³-hybridized carbons (Fsp3) is 0.167. The van der Waals surface area contributed by atoms with Crippen molar-refractivity contribution in [1.82, 2.24) is 4.98 Å². The fourth-order valence-electron chi connectivity index (χ4n) is 4.75. The Morgan fingerprint density at radius 1 is 1.09 bits per heavy atom. The molecule has 1 atom stereocenters. The second-order valence-electron chi connectivity index (χ2n) is 8.18. The SMILES string of the molecule is N#CC1=C(N)N(c2ccc(S(N)(=O)=O)cc2)C2=C(C(=O)CCC2)[C@H]1c1ccc2[nH]ccc2c1. The molecule has 0 radical (unpaired) electrons. The lowest BCUT2D eigenvalue weighted by atomic mass is 9.75. The number of rotatable bonds is 3. The summed E-state index contributed by atoms with van der Waals surface area (Å²) in [5.74, 6) is -0.340. The second-order valence-corrected chi connectivity index (χ2v) is 9.74. The lowest BCUT2D eigenvalue weighted by Crippen LogP contribution is -2.38. The molecule has 8 nitrogen and oxygen atoms in total. The Morgan fingerprint density at radius 3 is 2.55 bits per heavy atom. The third-order valence-corrected chi connectivity index (χ3v) is 7.18.